The molecule has 1 unspecified atom stereocenters. The Kier molecular flexibility index (Phi) is 5.23. The lowest BCUT2D eigenvalue weighted by atomic mass is 10.1. The number of amides is 1. The minimum absolute atomic E-state index is 0.160. The molecule has 2 N–H and O–H groups in total. The van der Waals surface area contributed by atoms with Gasteiger partial charge in [-0.1, -0.05) is 0 Å². The molecule has 2 aromatic carbocycles. The molecule has 6 heteroatoms. The third-order valence-electron chi connectivity index (χ3n) is 4.78. The van der Waals surface area contributed by atoms with E-state index in [2.05, 4.69) is 29.2 Å². The third-order valence-corrected chi connectivity index (χ3v) is 4.78. The summed E-state index contributed by atoms with van der Waals surface area (Å²) in [6.07, 6.45) is 1.15. The largest absolute Gasteiger partial charge is 0.478 e. The quantitative estimate of drug-likeness (QED) is 0.865. The first-order valence-corrected chi connectivity index (χ1v) is 8.60. The maximum Gasteiger partial charge on any atom is 0.335 e. The summed E-state index contributed by atoms with van der Waals surface area (Å²) in [5.41, 5.74) is 2.45. The standard InChI is InChI=1S/C20H23N3O3/c1-22(2)18-11-12-23(13-18)17-9-7-16(8-10-17)21-19(24)14-3-5-15(6-4-14)20(25)26/h3-10,18H,11-13H2,1-2H3,(H,21,24)(H,25,26). The van der Waals surface area contributed by atoms with Gasteiger partial charge in [0, 0.05) is 36.1 Å². The number of nitrogens with one attached hydrogen (secondary N) is 1. The lowest BCUT2D eigenvalue weighted by Gasteiger charge is -2.22. The first kappa shape index (κ1) is 17.9. The van der Waals surface area contributed by atoms with E-state index in [4.69, 9.17) is 5.11 Å². The molecule has 2 aromatic rings. The Hall–Kier alpha value is -2.86. The second-order valence-corrected chi connectivity index (χ2v) is 6.74. The third kappa shape index (κ3) is 4.03. The number of carbonyl (C=O) groups excluding carboxylic acids is 1. The Morgan fingerprint density at radius 2 is 1.65 bits per heavy atom. The number of aromatic carboxylic acids is 1. The number of likely N-dealkylation sites (N-methyl/N-ethyl adjacent to an activating group) is 1. The summed E-state index contributed by atoms with van der Waals surface area (Å²) in [6, 6.07) is 14.3. The molecule has 0 saturated carbocycles. The van der Waals surface area contributed by atoms with E-state index < -0.39 is 5.97 Å². The molecule has 1 atom stereocenters. The SMILES string of the molecule is CN(C)C1CCN(c2ccc(NC(=O)c3ccc(C(=O)O)cc3)cc2)C1. The minimum Gasteiger partial charge on any atom is -0.478 e. The average Bonchev–Trinajstić information content (AvgIpc) is 3.13. The lowest BCUT2D eigenvalue weighted by Crippen LogP contribution is -2.31. The van der Waals surface area contributed by atoms with E-state index >= 15 is 0 Å². The van der Waals surface area contributed by atoms with Gasteiger partial charge in [0.25, 0.3) is 5.91 Å². The number of carboxylic acids is 1. The fourth-order valence-corrected chi connectivity index (χ4v) is 3.12. The van der Waals surface area contributed by atoms with Crippen LogP contribution in [-0.4, -0.2) is 55.1 Å². The molecule has 1 aliphatic rings. The van der Waals surface area contributed by atoms with Crippen molar-refractivity contribution in [3.05, 3.63) is 59.7 Å². The zero-order chi connectivity index (χ0) is 18.7. The maximum atomic E-state index is 12.3. The number of hydrogen-bond donors (Lipinski definition) is 2. The molecule has 136 valence electrons. The number of anilines is 2. The van der Waals surface area contributed by atoms with Gasteiger partial charge in [-0.05, 0) is 69.0 Å². The number of benzene rings is 2. The molecule has 1 fully saturated rings. The highest BCUT2D eigenvalue weighted by Crippen LogP contribution is 2.24. The van der Waals surface area contributed by atoms with E-state index in [0.29, 0.717) is 17.3 Å². The predicted octanol–water partition coefficient (Wildman–Crippen LogP) is 2.78. The molecule has 1 aliphatic heterocycles. The summed E-state index contributed by atoms with van der Waals surface area (Å²) in [6.45, 7) is 2.04. The van der Waals surface area contributed by atoms with Gasteiger partial charge in [-0.15, -0.1) is 0 Å². The van der Waals surface area contributed by atoms with E-state index in [1.54, 1.807) is 0 Å². The van der Waals surface area contributed by atoms with E-state index in [1.165, 1.54) is 24.3 Å². The van der Waals surface area contributed by atoms with Gasteiger partial charge in [0.2, 0.25) is 0 Å². The lowest BCUT2D eigenvalue weighted by molar-refractivity contribution is 0.0696. The van der Waals surface area contributed by atoms with Crippen molar-refractivity contribution in [3.63, 3.8) is 0 Å². The highest BCUT2D eigenvalue weighted by atomic mass is 16.4. The zero-order valence-electron chi connectivity index (χ0n) is 15.0. The Morgan fingerprint density at radius 3 is 2.19 bits per heavy atom. The number of carbonyl (C=O) groups is 2. The van der Waals surface area contributed by atoms with E-state index in [-0.39, 0.29) is 11.5 Å². The van der Waals surface area contributed by atoms with Crippen molar-refractivity contribution in [1.82, 2.24) is 4.90 Å². The van der Waals surface area contributed by atoms with Gasteiger partial charge in [0.15, 0.2) is 0 Å². The van der Waals surface area contributed by atoms with Crippen LogP contribution in [0.25, 0.3) is 0 Å². The predicted molar refractivity (Wildman–Crippen MR) is 102 cm³/mol. The van der Waals surface area contributed by atoms with Gasteiger partial charge >= 0.3 is 5.97 Å². The van der Waals surface area contributed by atoms with Crippen molar-refractivity contribution in [3.8, 4) is 0 Å². The number of carboxylic acid groups (broad SMARTS) is 1. The number of hydrogen-bond acceptors (Lipinski definition) is 4. The minimum atomic E-state index is -1.01. The highest BCUT2D eigenvalue weighted by Gasteiger charge is 2.23. The van der Waals surface area contributed by atoms with Gasteiger partial charge < -0.3 is 20.2 Å². The zero-order valence-corrected chi connectivity index (χ0v) is 15.0. The molecule has 0 aromatic heterocycles. The average molecular weight is 353 g/mol. The smallest absolute Gasteiger partial charge is 0.335 e. The molecular weight excluding hydrogens is 330 g/mol. The molecule has 26 heavy (non-hydrogen) atoms. The summed E-state index contributed by atoms with van der Waals surface area (Å²) in [7, 11) is 4.21. The highest BCUT2D eigenvalue weighted by molar-refractivity contribution is 6.04. The first-order chi connectivity index (χ1) is 12.4. The number of nitrogens with zero attached hydrogens (tertiary/aromatic N) is 2. The van der Waals surface area contributed by atoms with Crippen LogP contribution in [0, 0.1) is 0 Å². The first-order valence-electron chi connectivity index (χ1n) is 8.60. The van der Waals surface area contributed by atoms with Crippen LogP contribution in [0.5, 0.6) is 0 Å². The molecular formula is C20H23N3O3. The van der Waals surface area contributed by atoms with Crippen molar-refractivity contribution in [2.24, 2.45) is 0 Å². The summed E-state index contributed by atoms with van der Waals surface area (Å²) >= 11 is 0. The molecule has 1 saturated heterocycles. The normalized spacial score (nSPS) is 16.7. The Bertz CT molecular complexity index is 785. The van der Waals surface area contributed by atoms with Crippen molar-refractivity contribution in [2.75, 3.05) is 37.4 Å². The molecule has 1 amide bonds. The fraction of sp³-hybridized carbons (Fsp3) is 0.300. The van der Waals surface area contributed by atoms with Crippen molar-refractivity contribution >= 4 is 23.3 Å². The van der Waals surface area contributed by atoms with Crippen molar-refractivity contribution < 1.29 is 14.7 Å². The number of rotatable bonds is 5. The summed E-state index contributed by atoms with van der Waals surface area (Å²) in [4.78, 5) is 27.7. The molecule has 0 spiro atoms. The summed E-state index contributed by atoms with van der Waals surface area (Å²) < 4.78 is 0. The Morgan fingerprint density at radius 1 is 1.04 bits per heavy atom. The van der Waals surface area contributed by atoms with Crippen LogP contribution in [0.1, 0.15) is 27.1 Å². The van der Waals surface area contributed by atoms with E-state index in [9.17, 15) is 9.59 Å². The molecule has 0 bridgehead atoms. The van der Waals surface area contributed by atoms with E-state index in [0.717, 1.165) is 25.2 Å². The monoisotopic (exact) mass is 353 g/mol. The topological polar surface area (TPSA) is 72.9 Å². The molecule has 0 radical (unpaired) electrons. The van der Waals surface area contributed by atoms with Gasteiger partial charge in [-0.25, -0.2) is 4.79 Å². The summed E-state index contributed by atoms with van der Waals surface area (Å²) in [5, 5.41) is 11.7. The van der Waals surface area contributed by atoms with Gasteiger partial charge in [-0.2, -0.15) is 0 Å². The second-order valence-electron chi connectivity index (χ2n) is 6.74. The van der Waals surface area contributed by atoms with Crippen LogP contribution >= 0.6 is 0 Å². The maximum absolute atomic E-state index is 12.3. The Labute approximate surface area is 153 Å². The van der Waals surface area contributed by atoms with Crippen molar-refractivity contribution in [2.45, 2.75) is 12.5 Å². The Balaban J connectivity index is 1.62. The van der Waals surface area contributed by atoms with Gasteiger partial charge in [0.1, 0.15) is 0 Å². The van der Waals surface area contributed by atoms with Crippen LogP contribution in [0.2, 0.25) is 0 Å². The second kappa shape index (κ2) is 7.58. The van der Waals surface area contributed by atoms with E-state index in [1.807, 2.05) is 24.3 Å². The molecule has 3 rings (SSSR count). The van der Waals surface area contributed by atoms with Gasteiger partial charge in [-0.3, -0.25) is 4.79 Å². The molecule has 1 heterocycles. The van der Waals surface area contributed by atoms with Crippen LogP contribution in [0.3, 0.4) is 0 Å². The van der Waals surface area contributed by atoms with Crippen LogP contribution in [0.15, 0.2) is 48.5 Å². The van der Waals surface area contributed by atoms with Crippen LogP contribution in [-0.2, 0) is 0 Å². The van der Waals surface area contributed by atoms with Crippen LogP contribution in [0.4, 0.5) is 11.4 Å². The van der Waals surface area contributed by atoms with Gasteiger partial charge in [0.05, 0.1) is 5.56 Å². The van der Waals surface area contributed by atoms with Crippen molar-refractivity contribution in [1.29, 1.82) is 0 Å². The summed E-state index contributed by atoms with van der Waals surface area (Å²) in [5.74, 6) is -1.27. The van der Waals surface area contributed by atoms with Crippen LogP contribution < -0.4 is 10.2 Å². The molecule has 0 aliphatic carbocycles. The fourth-order valence-electron chi connectivity index (χ4n) is 3.12. The molecule has 6 nitrogen and oxygen atoms in total.